The molecule has 0 unspecified atom stereocenters. The molecule has 1 aromatic rings. The van der Waals surface area contributed by atoms with E-state index in [9.17, 15) is 13.2 Å². The SMILES string of the molecule is COc1ncc(B2OC(C)(C)C(C)(C)O2)cc1C(=O)NS(C)(=O)=O. The molecule has 1 fully saturated rings. The maximum atomic E-state index is 12.2. The van der Waals surface area contributed by atoms with Crippen LogP contribution in [0.2, 0.25) is 0 Å². The number of rotatable bonds is 4. The lowest BCUT2D eigenvalue weighted by molar-refractivity contribution is 0.00578. The van der Waals surface area contributed by atoms with E-state index < -0.39 is 34.3 Å². The summed E-state index contributed by atoms with van der Waals surface area (Å²) in [6.45, 7) is 7.62. The molecule has 0 saturated carbocycles. The zero-order valence-corrected chi connectivity index (χ0v) is 15.4. The first-order chi connectivity index (χ1) is 10.9. The monoisotopic (exact) mass is 356 g/mol. The Morgan fingerprint density at radius 3 is 2.25 bits per heavy atom. The normalized spacial score (nSPS) is 19.2. The summed E-state index contributed by atoms with van der Waals surface area (Å²) in [5.41, 5.74) is -0.622. The first kappa shape index (κ1) is 18.7. The van der Waals surface area contributed by atoms with Crippen molar-refractivity contribution in [2.45, 2.75) is 38.9 Å². The Bertz CT molecular complexity index is 747. The van der Waals surface area contributed by atoms with E-state index in [1.165, 1.54) is 19.4 Å². The molecule has 0 atom stereocenters. The van der Waals surface area contributed by atoms with Gasteiger partial charge in [-0.3, -0.25) is 4.79 Å². The van der Waals surface area contributed by atoms with Crippen LogP contribution < -0.4 is 14.9 Å². The topological polar surface area (TPSA) is 104 Å². The third-order valence-electron chi connectivity index (χ3n) is 4.11. The van der Waals surface area contributed by atoms with E-state index in [4.69, 9.17) is 14.0 Å². The van der Waals surface area contributed by atoms with Crippen LogP contribution in [0.25, 0.3) is 0 Å². The van der Waals surface area contributed by atoms with E-state index in [-0.39, 0.29) is 11.4 Å². The minimum Gasteiger partial charge on any atom is -0.480 e. The molecule has 0 aromatic carbocycles. The van der Waals surface area contributed by atoms with Gasteiger partial charge in [-0.2, -0.15) is 0 Å². The van der Waals surface area contributed by atoms with Gasteiger partial charge >= 0.3 is 7.12 Å². The molecule has 1 amide bonds. The van der Waals surface area contributed by atoms with E-state index >= 15 is 0 Å². The van der Waals surface area contributed by atoms with Crippen molar-refractivity contribution in [3.63, 3.8) is 0 Å². The molecule has 0 bridgehead atoms. The second kappa shape index (κ2) is 6.01. The molecule has 10 heteroatoms. The highest BCUT2D eigenvalue weighted by molar-refractivity contribution is 7.89. The average molecular weight is 356 g/mol. The number of aromatic nitrogens is 1. The van der Waals surface area contributed by atoms with Crippen molar-refractivity contribution in [1.29, 1.82) is 0 Å². The van der Waals surface area contributed by atoms with Gasteiger partial charge in [0, 0.05) is 11.7 Å². The van der Waals surface area contributed by atoms with E-state index in [0.717, 1.165) is 6.26 Å². The van der Waals surface area contributed by atoms with E-state index in [0.29, 0.717) is 5.46 Å². The zero-order valence-electron chi connectivity index (χ0n) is 14.5. The van der Waals surface area contributed by atoms with Crippen LogP contribution in [0.4, 0.5) is 0 Å². The molecule has 24 heavy (non-hydrogen) atoms. The number of methoxy groups -OCH3 is 1. The lowest BCUT2D eigenvalue weighted by Crippen LogP contribution is -2.41. The number of hydrogen-bond acceptors (Lipinski definition) is 7. The minimum atomic E-state index is -3.71. The number of hydrogen-bond donors (Lipinski definition) is 1. The molecule has 2 rings (SSSR count). The molecule has 2 heterocycles. The van der Waals surface area contributed by atoms with Crippen molar-refractivity contribution in [3.05, 3.63) is 17.8 Å². The molecular weight excluding hydrogens is 335 g/mol. The Morgan fingerprint density at radius 2 is 1.79 bits per heavy atom. The van der Waals surface area contributed by atoms with E-state index in [2.05, 4.69) is 4.98 Å². The summed E-state index contributed by atoms with van der Waals surface area (Å²) < 4.78 is 41.3. The fraction of sp³-hybridized carbons (Fsp3) is 0.571. The number of ether oxygens (including phenoxy) is 1. The first-order valence-electron chi connectivity index (χ1n) is 7.28. The van der Waals surface area contributed by atoms with Crippen LogP contribution in [0.15, 0.2) is 12.3 Å². The second-order valence-electron chi connectivity index (χ2n) is 6.62. The van der Waals surface area contributed by atoms with Crippen molar-refractivity contribution in [1.82, 2.24) is 9.71 Å². The largest absolute Gasteiger partial charge is 0.496 e. The van der Waals surface area contributed by atoms with Crippen LogP contribution in [-0.2, 0) is 19.3 Å². The quantitative estimate of drug-likeness (QED) is 0.762. The Morgan fingerprint density at radius 1 is 1.25 bits per heavy atom. The fourth-order valence-corrected chi connectivity index (χ4v) is 2.57. The molecule has 1 aromatic heterocycles. The van der Waals surface area contributed by atoms with Crippen LogP contribution in [0.1, 0.15) is 38.1 Å². The Labute approximate surface area is 142 Å². The van der Waals surface area contributed by atoms with Crippen LogP contribution in [0.5, 0.6) is 5.88 Å². The predicted octanol–water partition coefficient (Wildman–Crippen LogP) is 0.0788. The number of carbonyl (C=O) groups excluding carboxylic acids is 1. The number of nitrogens with zero attached hydrogens (tertiary/aromatic N) is 1. The standard InChI is InChI=1S/C14H21BN2O6S/c1-13(2)14(3,4)23-15(22-13)9-7-10(12(21-5)16-8-9)11(18)17-24(6,19)20/h7-8H,1-6H3,(H,17,18). The fourth-order valence-electron chi connectivity index (χ4n) is 2.13. The first-order valence-corrected chi connectivity index (χ1v) is 9.17. The molecule has 0 spiro atoms. The van der Waals surface area contributed by atoms with Crippen LogP contribution >= 0.6 is 0 Å². The van der Waals surface area contributed by atoms with Gasteiger partial charge in [0.25, 0.3) is 5.91 Å². The lowest BCUT2D eigenvalue weighted by Gasteiger charge is -2.32. The maximum absolute atomic E-state index is 12.2. The molecule has 1 aliphatic rings. The number of sulfonamides is 1. The van der Waals surface area contributed by atoms with Gasteiger partial charge in [0.1, 0.15) is 5.56 Å². The smallest absolute Gasteiger partial charge is 0.480 e. The summed E-state index contributed by atoms with van der Waals surface area (Å²) in [6.07, 6.45) is 2.36. The Kier molecular flexibility index (Phi) is 4.68. The summed E-state index contributed by atoms with van der Waals surface area (Å²) in [5, 5.41) is 0. The van der Waals surface area contributed by atoms with Crippen molar-refractivity contribution in [2.24, 2.45) is 0 Å². The van der Waals surface area contributed by atoms with Gasteiger partial charge in [0.2, 0.25) is 15.9 Å². The molecule has 1 aliphatic heterocycles. The van der Waals surface area contributed by atoms with Gasteiger partial charge in [-0.15, -0.1) is 0 Å². The van der Waals surface area contributed by atoms with E-state index in [1.54, 1.807) is 0 Å². The molecular formula is C14H21BN2O6S. The summed E-state index contributed by atoms with van der Waals surface area (Å²) >= 11 is 0. The number of amides is 1. The third kappa shape index (κ3) is 3.71. The van der Waals surface area contributed by atoms with Crippen LogP contribution in [0, 0.1) is 0 Å². The number of pyridine rings is 1. The highest BCUT2D eigenvalue weighted by atomic mass is 32.2. The van der Waals surface area contributed by atoms with Crippen LogP contribution in [-0.4, -0.2) is 51.0 Å². The van der Waals surface area contributed by atoms with Crippen molar-refractivity contribution >= 4 is 28.5 Å². The average Bonchev–Trinajstić information content (AvgIpc) is 2.65. The minimum absolute atomic E-state index is 0.0106. The van der Waals surface area contributed by atoms with E-state index in [1.807, 2.05) is 32.4 Å². The predicted molar refractivity (Wildman–Crippen MR) is 88.8 cm³/mol. The van der Waals surface area contributed by atoms with Gasteiger partial charge < -0.3 is 14.0 Å². The van der Waals surface area contributed by atoms with Gasteiger partial charge in [-0.05, 0) is 33.8 Å². The molecule has 132 valence electrons. The number of carbonyl (C=O) groups is 1. The third-order valence-corrected chi connectivity index (χ3v) is 4.67. The van der Waals surface area contributed by atoms with Crippen molar-refractivity contribution < 1.29 is 27.3 Å². The highest BCUT2D eigenvalue weighted by Gasteiger charge is 2.52. The summed E-state index contributed by atoms with van der Waals surface area (Å²) in [4.78, 5) is 16.2. The molecule has 1 saturated heterocycles. The number of nitrogens with one attached hydrogen (secondary N) is 1. The Hall–Kier alpha value is -1.65. The van der Waals surface area contributed by atoms with Gasteiger partial charge in [0.05, 0.1) is 24.6 Å². The molecule has 0 radical (unpaired) electrons. The lowest BCUT2D eigenvalue weighted by atomic mass is 9.79. The van der Waals surface area contributed by atoms with Crippen molar-refractivity contribution in [2.75, 3.05) is 13.4 Å². The van der Waals surface area contributed by atoms with Gasteiger partial charge in [-0.1, -0.05) is 0 Å². The summed E-state index contributed by atoms with van der Waals surface area (Å²) in [6, 6.07) is 1.45. The van der Waals surface area contributed by atoms with Crippen molar-refractivity contribution in [3.8, 4) is 5.88 Å². The summed E-state index contributed by atoms with van der Waals surface area (Å²) in [5.74, 6) is -0.823. The maximum Gasteiger partial charge on any atom is 0.496 e. The summed E-state index contributed by atoms with van der Waals surface area (Å²) in [7, 11) is -3.09. The second-order valence-corrected chi connectivity index (χ2v) is 8.37. The van der Waals surface area contributed by atoms with Gasteiger partial charge in [-0.25, -0.2) is 18.1 Å². The zero-order chi connectivity index (χ0) is 18.3. The van der Waals surface area contributed by atoms with Gasteiger partial charge in [0.15, 0.2) is 0 Å². The molecule has 0 aliphatic carbocycles. The van der Waals surface area contributed by atoms with Crippen LogP contribution in [0.3, 0.4) is 0 Å². The Balaban J connectivity index is 2.38. The molecule has 1 N–H and O–H groups in total. The highest BCUT2D eigenvalue weighted by Crippen LogP contribution is 2.36. The molecule has 8 nitrogen and oxygen atoms in total.